The lowest BCUT2D eigenvalue weighted by molar-refractivity contribution is -0.118. The van der Waals surface area contributed by atoms with Crippen LogP contribution < -0.4 is 15.4 Å². The summed E-state index contributed by atoms with van der Waals surface area (Å²) >= 11 is 0. The molecule has 4 rings (SSSR count). The predicted octanol–water partition coefficient (Wildman–Crippen LogP) is 3.56. The summed E-state index contributed by atoms with van der Waals surface area (Å²) in [4.78, 5) is 24.1. The average molecular weight is 350 g/mol. The van der Waals surface area contributed by atoms with Gasteiger partial charge in [0.05, 0.1) is 11.7 Å². The van der Waals surface area contributed by atoms with E-state index < -0.39 is 0 Å². The molecule has 0 fully saturated rings. The maximum atomic E-state index is 12.8. The van der Waals surface area contributed by atoms with Crippen molar-refractivity contribution in [3.8, 4) is 5.75 Å². The molecular formula is C21H22N2O3. The highest BCUT2D eigenvalue weighted by Crippen LogP contribution is 2.41. The monoisotopic (exact) mass is 350 g/mol. The van der Waals surface area contributed by atoms with Gasteiger partial charge in [0.1, 0.15) is 5.75 Å². The average Bonchev–Trinajstić information content (AvgIpc) is 2.64. The minimum absolute atomic E-state index is 0.00313. The number of nitrogens with one attached hydrogen (secondary N) is 2. The standard InChI is InChI=1S/C21H22N2O3/c1-21(2)10-9-16(14-5-3-4-6-15(14)21)23-20(25)13-7-8-17-18(11-13)26-12-19(24)22-17/h3-8,11,16H,9-10,12H2,1-2H3,(H,22,24)(H,23,25). The quantitative estimate of drug-likeness (QED) is 0.870. The third kappa shape index (κ3) is 2.94. The fourth-order valence-electron chi connectivity index (χ4n) is 3.82. The zero-order chi connectivity index (χ0) is 18.3. The molecule has 5 nitrogen and oxygen atoms in total. The summed E-state index contributed by atoms with van der Waals surface area (Å²) in [5, 5.41) is 5.90. The van der Waals surface area contributed by atoms with Crippen LogP contribution in [-0.2, 0) is 10.2 Å². The zero-order valence-electron chi connectivity index (χ0n) is 15.0. The lowest BCUT2D eigenvalue weighted by atomic mass is 9.71. The molecule has 2 aromatic carbocycles. The fraction of sp³-hybridized carbons (Fsp3) is 0.333. The van der Waals surface area contributed by atoms with Crippen molar-refractivity contribution in [1.29, 1.82) is 0 Å². The summed E-state index contributed by atoms with van der Waals surface area (Å²) in [5.74, 6) is 0.214. The van der Waals surface area contributed by atoms with E-state index in [1.807, 2.05) is 6.07 Å². The Balaban J connectivity index is 1.57. The van der Waals surface area contributed by atoms with Crippen LogP contribution in [0.25, 0.3) is 0 Å². The Morgan fingerprint density at radius 1 is 1.23 bits per heavy atom. The molecule has 1 aliphatic heterocycles. The Kier molecular flexibility index (Phi) is 3.94. The van der Waals surface area contributed by atoms with E-state index in [1.54, 1.807) is 18.2 Å². The van der Waals surface area contributed by atoms with Gasteiger partial charge in [0.15, 0.2) is 6.61 Å². The van der Waals surface area contributed by atoms with Crippen LogP contribution in [0.3, 0.4) is 0 Å². The predicted molar refractivity (Wildman–Crippen MR) is 99.5 cm³/mol. The molecule has 0 spiro atoms. The molecule has 26 heavy (non-hydrogen) atoms. The van der Waals surface area contributed by atoms with Crippen molar-refractivity contribution in [3.05, 3.63) is 59.2 Å². The van der Waals surface area contributed by atoms with Crippen molar-refractivity contribution in [3.63, 3.8) is 0 Å². The van der Waals surface area contributed by atoms with Gasteiger partial charge in [-0.05, 0) is 47.6 Å². The van der Waals surface area contributed by atoms with Gasteiger partial charge < -0.3 is 15.4 Å². The van der Waals surface area contributed by atoms with Gasteiger partial charge in [0, 0.05) is 5.56 Å². The van der Waals surface area contributed by atoms with E-state index in [1.165, 1.54) is 11.1 Å². The molecule has 2 aliphatic rings. The van der Waals surface area contributed by atoms with Crippen LogP contribution in [0.2, 0.25) is 0 Å². The first kappa shape index (κ1) is 16.6. The molecule has 2 N–H and O–H groups in total. The van der Waals surface area contributed by atoms with Crippen LogP contribution in [-0.4, -0.2) is 18.4 Å². The number of benzene rings is 2. The number of carbonyl (C=O) groups excluding carboxylic acids is 2. The number of hydrogen-bond acceptors (Lipinski definition) is 3. The molecule has 0 saturated carbocycles. The van der Waals surface area contributed by atoms with Crippen molar-refractivity contribution < 1.29 is 14.3 Å². The van der Waals surface area contributed by atoms with E-state index in [2.05, 4.69) is 42.7 Å². The number of hydrogen-bond donors (Lipinski definition) is 2. The van der Waals surface area contributed by atoms with Crippen molar-refractivity contribution in [2.24, 2.45) is 0 Å². The molecule has 0 aromatic heterocycles. The largest absolute Gasteiger partial charge is 0.482 e. The molecule has 2 amide bonds. The van der Waals surface area contributed by atoms with Crippen LogP contribution in [0.1, 0.15) is 54.2 Å². The van der Waals surface area contributed by atoms with Gasteiger partial charge >= 0.3 is 0 Å². The van der Waals surface area contributed by atoms with E-state index in [-0.39, 0.29) is 29.9 Å². The van der Waals surface area contributed by atoms with E-state index >= 15 is 0 Å². The van der Waals surface area contributed by atoms with Crippen molar-refractivity contribution in [2.75, 3.05) is 11.9 Å². The van der Waals surface area contributed by atoms with Gasteiger partial charge in [-0.3, -0.25) is 9.59 Å². The summed E-state index contributed by atoms with van der Waals surface area (Å²) in [5.41, 5.74) is 3.74. The molecule has 5 heteroatoms. The summed E-state index contributed by atoms with van der Waals surface area (Å²) in [6, 6.07) is 13.4. The van der Waals surface area contributed by atoms with Crippen LogP contribution in [0.5, 0.6) is 5.75 Å². The Bertz CT molecular complexity index is 889. The van der Waals surface area contributed by atoms with Crippen LogP contribution in [0, 0.1) is 0 Å². The molecule has 0 radical (unpaired) electrons. The first-order chi connectivity index (χ1) is 12.4. The van der Waals surface area contributed by atoms with Gasteiger partial charge in [-0.2, -0.15) is 0 Å². The summed E-state index contributed by atoms with van der Waals surface area (Å²) in [7, 11) is 0. The molecule has 134 valence electrons. The van der Waals surface area contributed by atoms with E-state index in [0.29, 0.717) is 17.0 Å². The van der Waals surface area contributed by atoms with E-state index in [4.69, 9.17) is 4.74 Å². The van der Waals surface area contributed by atoms with Gasteiger partial charge in [0.25, 0.3) is 11.8 Å². The highest BCUT2D eigenvalue weighted by Gasteiger charge is 2.33. The SMILES string of the molecule is CC1(C)CCC(NC(=O)c2ccc3c(c2)OCC(=O)N3)c2ccccc21. The third-order valence-electron chi connectivity index (χ3n) is 5.31. The Labute approximate surface area is 152 Å². The Hall–Kier alpha value is -2.82. The van der Waals surface area contributed by atoms with E-state index in [0.717, 1.165) is 12.8 Å². The number of amides is 2. The molecule has 2 aromatic rings. The second-order valence-electron chi connectivity index (χ2n) is 7.58. The second-order valence-corrected chi connectivity index (χ2v) is 7.58. The number of ether oxygens (including phenoxy) is 1. The lowest BCUT2D eigenvalue weighted by Crippen LogP contribution is -2.35. The highest BCUT2D eigenvalue weighted by atomic mass is 16.5. The van der Waals surface area contributed by atoms with E-state index in [9.17, 15) is 9.59 Å². The number of anilines is 1. The number of fused-ring (bicyclic) bond motifs is 2. The van der Waals surface area contributed by atoms with Gasteiger partial charge in [-0.15, -0.1) is 0 Å². The van der Waals surface area contributed by atoms with Crippen LogP contribution >= 0.6 is 0 Å². The van der Waals surface area contributed by atoms with Crippen LogP contribution in [0.15, 0.2) is 42.5 Å². The number of carbonyl (C=O) groups is 2. The summed E-state index contributed by atoms with van der Waals surface area (Å²) in [6.07, 6.45) is 1.93. The minimum atomic E-state index is -0.184. The topological polar surface area (TPSA) is 67.4 Å². The van der Waals surface area contributed by atoms with Crippen molar-refractivity contribution in [2.45, 2.75) is 38.1 Å². The maximum absolute atomic E-state index is 12.8. The highest BCUT2D eigenvalue weighted by molar-refractivity contribution is 5.99. The van der Waals surface area contributed by atoms with Gasteiger partial charge in [-0.1, -0.05) is 38.1 Å². The maximum Gasteiger partial charge on any atom is 0.262 e. The van der Waals surface area contributed by atoms with Crippen LogP contribution in [0.4, 0.5) is 5.69 Å². The third-order valence-corrected chi connectivity index (χ3v) is 5.31. The second kappa shape index (κ2) is 6.16. The van der Waals surface area contributed by atoms with Crippen molar-refractivity contribution >= 4 is 17.5 Å². The molecular weight excluding hydrogens is 328 g/mol. The van der Waals surface area contributed by atoms with Crippen molar-refractivity contribution in [1.82, 2.24) is 5.32 Å². The lowest BCUT2D eigenvalue weighted by Gasteiger charge is -2.37. The fourth-order valence-corrected chi connectivity index (χ4v) is 3.82. The zero-order valence-corrected chi connectivity index (χ0v) is 15.0. The van der Waals surface area contributed by atoms with Gasteiger partial charge in [-0.25, -0.2) is 0 Å². The minimum Gasteiger partial charge on any atom is -0.482 e. The smallest absolute Gasteiger partial charge is 0.262 e. The Morgan fingerprint density at radius 3 is 2.88 bits per heavy atom. The molecule has 1 heterocycles. The first-order valence-electron chi connectivity index (χ1n) is 8.91. The normalized spacial score (nSPS) is 20.2. The molecule has 1 aliphatic carbocycles. The molecule has 0 saturated heterocycles. The van der Waals surface area contributed by atoms with Gasteiger partial charge in [0.2, 0.25) is 0 Å². The first-order valence-corrected chi connectivity index (χ1v) is 8.91. The molecule has 1 atom stereocenters. The molecule has 0 bridgehead atoms. The molecule has 1 unspecified atom stereocenters. The summed E-state index contributed by atoms with van der Waals surface area (Å²) in [6.45, 7) is 4.47. The number of rotatable bonds is 2. The summed E-state index contributed by atoms with van der Waals surface area (Å²) < 4.78 is 5.41. The Morgan fingerprint density at radius 2 is 2.04 bits per heavy atom.